The summed E-state index contributed by atoms with van der Waals surface area (Å²) in [5.74, 6) is -0.598. The molecule has 1 amide bonds. The van der Waals surface area contributed by atoms with Gasteiger partial charge >= 0.3 is 0 Å². The molecule has 5 nitrogen and oxygen atoms in total. The van der Waals surface area contributed by atoms with Gasteiger partial charge in [0.15, 0.2) is 11.5 Å². The summed E-state index contributed by atoms with van der Waals surface area (Å²) in [7, 11) is 0. The van der Waals surface area contributed by atoms with E-state index in [1.165, 1.54) is 25.1 Å². The van der Waals surface area contributed by atoms with Gasteiger partial charge in [-0.3, -0.25) is 4.79 Å². The Morgan fingerprint density at radius 1 is 1.25 bits per heavy atom. The van der Waals surface area contributed by atoms with Crippen LogP contribution in [0.4, 0.5) is 0 Å². The zero-order valence-electron chi connectivity index (χ0n) is 11.8. The van der Waals surface area contributed by atoms with E-state index < -0.39 is 0 Å². The van der Waals surface area contributed by atoms with Gasteiger partial charge in [-0.1, -0.05) is 38.7 Å². The second-order valence-electron chi connectivity index (χ2n) is 4.67. The maximum atomic E-state index is 11.5. The number of phenolic OH excluding ortho intramolecular Hbond substituents is 2. The van der Waals surface area contributed by atoms with E-state index in [2.05, 4.69) is 17.5 Å². The van der Waals surface area contributed by atoms with Gasteiger partial charge in [0.05, 0.1) is 6.21 Å². The third-order valence-electron chi connectivity index (χ3n) is 2.95. The van der Waals surface area contributed by atoms with Gasteiger partial charge in [0.25, 0.3) is 0 Å². The lowest BCUT2D eigenvalue weighted by Gasteiger charge is -2.02. The minimum absolute atomic E-state index is 0.141. The number of nitrogens with zero attached hydrogens (tertiary/aromatic N) is 1. The fourth-order valence-electron chi connectivity index (χ4n) is 1.77. The van der Waals surface area contributed by atoms with Gasteiger partial charge in [0.2, 0.25) is 5.91 Å². The van der Waals surface area contributed by atoms with E-state index in [4.69, 9.17) is 0 Å². The topological polar surface area (TPSA) is 81.9 Å². The standard InChI is InChI=1S/C15H22N2O3/c1-2-3-4-5-6-10-14(19)17-16-11-12-8-7-9-13(18)15(12)20/h7-9,11,18,20H,2-6,10H2,1H3,(H,17,19)/b16-11+. The number of nitrogens with one attached hydrogen (secondary N) is 1. The molecule has 1 aromatic rings. The van der Waals surface area contributed by atoms with E-state index in [1.54, 1.807) is 12.1 Å². The molecule has 0 unspecified atom stereocenters. The van der Waals surface area contributed by atoms with Crippen molar-refractivity contribution in [3.8, 4) is 11.5 Å². The predicted molar refractivity (Wildman–Crippen MR) is 78.9 cm³/mol. The first-order chi connectivity index (χ1) is 9.65. The van der Waals surface area contributed by atoms with E-state index in [-0.39, 0.29) is 17.4 Å². The molecule has 0 bridgehead atoms. The Labute approximate surface area is 119 Å². The highest BCUT2D eigenvalue weighted by Crippen LogP contribution is 2.26. The summed E-state index contributed by atoms with van der Waals surface area (Å²) in [6.45, 7) is 2.15. The highest BCUT2D eigenvalue weighted by atomic mass is 16.3. The van der Waals surface area contributed by atoms with Crippen molar-refractivity contribution in [3.05, 3.63) is 23.8 Å². The number of carbonyl (C=O) groups excluding carboxylic acids is 1. The van der Waals surface area contributed by atoms with Crippen LogP contribution >= 0.6 is 0 Å². The lowest BCUT2D eigenvalue weighted by Crippen LogP contribution is -2.16. The first-order valence-corrected chi connectivity index (χ1v) is 6.98. The molecule has 5 heteroatoms. The fourth-order valence-corrected chi connectivity index (χ4v) is 1.77. The number of hydrogen-bond acceptors (Lipinski definition) is 4. The molecule has 110 valence electrons. The molecule has 0 atom stereocenters. The van der Waals surface area contributed by atoms with E-state index in [0.29, 0.717) is 12.0 Å². The first kappa shape index (κ1) is 16.0. The third kappa shape index (κ3) is 5.73. The van der Waals surface area contributed by atoms with Gasteiger partial charge in [-0.15, -0.1) is 0 Å². The number of benzene rings is 1. The molecule has 0 aliphatic heterocycles. The molecule has 0 radical (unpaired) electrons. The van der Waals surface area contributed by atoms with Crippen LogP contribution in [0.2, 0.25) is 0 Å². The zero-order chi connectivity index (χ0) is 14.8. The van der Waals surface area contributed by atoms with Crippen LogP contribution in [0.3, 0.4) is 0 Å². The van der Waals surface area contributed by atoms with E-state index >= 15 is 0 Å². The van der Waals surface area contributed by atoms with Crippen LogP contribution in [0.15, 0.2) is 23.3 Å². The van der Waals surface area contributed by atoms with Crippen molar-refractivity contribution in [2.24, 2.45) is 5.10 Å². The lowest BCUT2D eigenvalue weighted by atomic mass is 10.1. The fraction of sp³-hybridized carbons (Fsp3) is 0.467. The van der Waals surface area contributed by atoms with Crippen molar-refractivity contribution >= 4 is 12.1 Å². The van der Waals surface area contributed by atoms with Crippen LogP contribution in [0.5, 0.6) is 11.5 Å². The van der Waals surface area contributed by atoms with Gasteiger partial charge in [-0.25, -0.2) is 5.43 Å². The Kier molecular flexibility index (Phi) is 7.17. The van der Waals surface area contributed by atoms with E-state index in [1.807, 2.05) is 0 Å². The summed E-state index contributed by atoms with van der Waals surface area (Å²) in [5, 5.41) is 22.6. The minimum Gasteiger partial charge on any atom is -0.504 e. The largest absolute Gasteiger partial charge is 0.504 e. The quantitative estimate of drug-likeness (QED) is 0.296. The second kappa shape index (κ2) is 8.96. The number of amides is 1. The van der Waals surface area contributed by atoms with E-state index in [9.17, 15) is 15.0 Å². The number of carbonyl (C=O) groups is 1. The minimum atomic E-state index is -0.245. The molecule has 1 rings (SSSR count). The Bertz CT molecular complexity index is 458. The smallest absolute Gasteiger partial charge is 0.240 e. The molecule has 0 aliphatic rings. The Balaban J connectivity index is 2.30. The molecule has 0 heterocycles. The second-order valence-corrected chi connectivity index (χ2v) is 4.67. The Morgan fingerprint density at radius 2 is 2.00 bits per heavy atom. The molecular weight excluding hydrogens is 256 g/mol. The van der Waals surface area contributed by atoms with Crippen molar-refractivity contribution in [2.45, 2.75) is 45.4 Å². The molecule has 1 aromatic carbocycles. The molecule has 0 aromatic heterocycles. The number of unbranched alkanes of at least 4 members (excludes halogenated alkanes) is 4. The summed E-state index contributed by atoms with van der Waals surface area (Å²) in [6.07, 6.45) is 7.22. The molecule has 20 heavy (non-hydrogen) atoms. The maximum Gasteiger partial charge on any atom is 0.240 e. The number of aromatic hydroxyl groups is 2. The molecule has 0 saturated heterocycles. The number of hydrazone groups is 1. The van der Waals surface area contributed by atoms with Gasteiger partial charge in [0, 0.05) is 12.0 Å². The molecule has 3 N–H and O–H groups in total. The van der Waals surface area contributed by atoms with Crippen LogP contribution < -0.4 is 5.43 Å². The number of para-hydroxylation sites is 1. The number of phenols is 2. The summed E-state index contributed by atoms with van der Waals surface area (Å²) in [5.41, 5.74) is 2.76. The molecule has 0 saturated carbocycles. The van der Waals surface area contributed by atoms with Crippen LogP contribution in [0, 0.1) is 0 Å². The van der Waals surface area contributed by atoms with Gasteiger partial charge in [-0.2, -0.15) is 5.10 Å². The normalized spacial score (nSPS) is 10.8. The third-order valence-corrected chi connectivity index (χ3v) is 2.95. The van der Waals surface area contributed by atoms with Crippen molar-refractivity contribution in [1.29, 1.82) is 0 Å². The van der Waals surface area contributed by atoms with Crippen molar-refractivity contribution in [3.63, 3.8) is 0 Å². The Hall–Kier alpha value is -2.04. The SMILES string of the molecule is CCCCCCCC(=O)N/N=C/c1cccc(O)c1O. The number of rotatable bonds is 8. The first-order valence-electron chi connectivity index (χ1n) is 6.98. The summed E-state index contributed by atoms with van der Waals surface area (Å²) in [4.78, 5) is 11.5. The van der Waals surface area contributed by atoms with E-state index in [0.717, 1.165) is 19.3 Å². The van der Waals surface area contributed by atoms with Crippen molar-refractivity contribution in [1.82, 2.24) is 5.43 Å². The molecule has 0 aliphatic carbocycles. The maximum absolute atomic E-state index is 11.5. The molecular formula is C15H22N2O3. The van der Waals surface area contributed by atoms with Crippen LogP contribution in [0.25, 0.3) is 0 Å². The summed E-state index contributed by atoms with van der Waals surface area (Å²) >= 11 is 0. The summed E-state index contributed by atoms with van der Waals surface area (Å²) < 4.78 is 0. The highest BCUT2D eigenvalue weighted by Gasteiger charge is 2.03. The average Bonchev–Trinajstić information content (AvgIpc) is 2.43. The molecule has 0 fully saturated rings. The van der Waals surface area contributed by atoms with Crippen LogP contribution in [0.1, 0.15) is 51.0 Å². The highest BCUT2D eigenvalue weighted by molar-refractivity contribution is 5.86. The van der Waals surface area contributed by atoms with Crippen molar-refractivity contribution < 1.29 is 15.0 Å². The van der Waals surface area contributed by atoms with Gasteiger partial charge in [0.1, 0.15) is 0 Å². The van der Waals surface area contributed by atoms with Crippen LogP contribution in [-0.2, 0) is 4.79 Å². The summed E-state index contributed by atoms with van der Waals surface area (Å²) in [6, 6.07) is 4.56. The average molecular weight is 278 g/mol. The van der Waals surface area contributed by atoms with Crippen molar-refractivity contribution in [2.75, 3.05) is 0 Å². The van der Waals surface area contributed by atoms with Gasteiger partial charge < -0.3 is 10.2 Å². The van der Waals surface area contributed by atoms with Gasteiger partial charge in [-0.05, 0) is 18.6 Å². The number of hydrogen-bond donors (Lipinski definition) is 3. The predicted octanol–water partition coefficient (Wildman–Crippen LogP) is 2.91. The monoisotopic (exact) mass is 278 g/mol. The Morgan fingerprint density at radius 3 is 2.75 bits per heavy atom. The lowest BCUT2D eigenvalue weighted by molar-refractivity contribution is -0.121. The zero-order valence-corrected chi connectivity index (χ0v) is 11.8. The molecule has 0 spiro atoms. The van der Waals surface area contributed by atoms with Crippen LogP contribution in [-0.4, -0.2) is 22.3 Å².